The minimum absolute atomic E-state index is 0.357. The molecule has 0 bridgehead atoms. The second kappa shape index (κ2) is 8.93. The Balaban J connectivity index is 1.97. The van der Waals surface area contributed by atoms with Gasteiger partial charge in [-0.15, -0.1) is 11.3 Å². The number of amides is 2. The topological polar surface area (TPSA) is 76.7 Å². The van der Waals surface area contributed by atoms with Gasteiger partial charge in [0.25, 0.3) is 11.8 Å². The molecule has 0 saturated carbocycles. The quantitative estimate of drug-likeness (QED) is 0.596. The Kier molecular flexibility index (Phi) is 6.62. The van der Waals surface area contributed by atoms with Crippen LogP contribution >= 0.6 is 11.3 Å². The summed E-state index contributed by atoms with van der Waals surface area (Å²) in [5.74, 6) is 0.275. The predicted octanol–water partition coefficient (Wildman–Crippen LogP) is 3.01. The lowest BCUT2D eigenvalue weighted by atomic mass is 10.2. The van der Waals surface area contributed by atoms with Gasteiger partial charge in [-0.25, -0.2) is 0 Å². The maximum Gasteiger partial charge on any atom is 0.279 e. The second-order valence-corrected chi connectivity index (χ2v) is 5.90. The molecule has 0 spiro atoms. The largest absolute Gasteiger partial charge is 0.493 e. The third-order valence-electron chi connectivity index (χ3n) is 3.22. The highest BCUT2D eigenvalue weighted by molar-refractivity contribution is 7.12. The van der Waals surface area contributed by atoms with Crippen molar-refractivity contribution in [3.05, 3.63) is 46.2 Å². The zero-order valence-electron chi connectivity index (χ0n) is 13.6. The van der Waals surface area contributed by atoms with Gasteiger partial charge in [-0.2, -0.15) is 0 Å². The molecule has 1 aromatic heterocycles. The van der Waals surface area contributed by atoms with Gasteiger partial charge in [0.1, 0.15) is 0 Å². The average molecular weight is 348 g/mol. The van der Waals surface area contributed by atoms with E-state index in [0.29, 0.717) is 28.5 Å². The molecular weight excluding hydrogens is 328 g/mol. The number of hydrazine groups is 1. The molecule has 2 amide bonds. The first-order valence-corrected chi connectivity index (χ1v) is 8.48. The maximum atomic E-state index is 12.1. The van der Waals surface area contributed by atoms with Crippen molar-refractivity contribution in [3.8, 4) is 11.5 Å². The van der Waals surface area contributed by atoms with Gasteiger partial charge >= 0.3 is 0 Å². The van der Waals surface area contributed by atoms with E-state index >= 15 is 0 Å². The Bertz CT molecular complexity index is 686. The fourth-order valence-corrected chi connectivity index (χ4v) is 2.53. The van der Waals surface area contributed by atoms with E-state index in [9.17, 15) is 9.59 Å². The molecule has 0 aliphatic rings. The van der Waals surface area contributed by atoms with Crippen LogP contribution in [0.2, 0.25) is 0 Å². The Morgan fingerprint density at radius 3 is 2.58 bits per heavy atom. The highest BCUT2D eigenvalue weighted by atomic mass is 32.1. The second-order valence-electron chi connectivity index (χ2n) is 4.95. The summed E-state index contributed by atoms with van der Waals surface area (Å²) in [6.45, 7) is 2.67. The predicted molar refractivity (Wildman–Crippen MR) is 92.6 cm³/mol. The molecule has 0 aliphatic carbocycles. The fourth-order valence-electron chi connectivity index (χ4n) is 1.91. The van der Waals surface area contributed by atoms with E-state index in [1.165, 1.54) is 18.4 Å². The molecule has 2 N–H and O–H groups in total. The summed E-state index contributed by atoms with van der Waals surface area (Å²) < 4.78 is 10.9. The monoisotopic (exact) mass is 348 g/mol. The first kappa shape index (κ1) is 17.8. The van der Waals surface area contributed by atoms with Crippen molar-refractivity contribution in [1.82, 2.24) is 10.9 Å². The highest BCUT2D eigenvalue weighted by Crippen LogP contribution is 2.28. The molecule has 0 radical (unpaired) electrons. The van der Waals surface area contributed by atoms with Crippen LogP contribution in [-0.2, 0) is 0 Å². The van der Waals surface area contributed by atoms with Gasteiger partial charge in [-0.1, -0.05) is 19.4 Å². The van der Waals surface area contributed by atoms with E-state index < -0.39 is 5.91 Å². The maximum absolute atomic E-state index is 12.1. The fraction of sp³-hybridized carbons (Fsp3) is 0.294. The molecule has 2 rings (SSSR count). The van der Waals surface area contributed by atoms with Crippen molar-refractivity contribution >= 4 is 23.2 Å². The van der Waals surface area contributed by atoms with Crippen LogP contribution in [0.5, 0.6) is 11.5 Å². The van der Waals surface area contributed by atoms with Crippen molar-refractivity contribution in [2.75, 3.05) is 13.7 Å². The normalized spacial score (nSPS) is 10.1. The zero-order chi connectivity index (χ0) is 17.4. The van der Waals surface area contributed by atoms with Crippen molar-refractivity contribution < 1.29 is 19.1 Å². The summed E-state index contributed by atoms with van der Waals surface area (Å²) in [6, 6.07) is 8.33. The summed E-state index contributed by atoms with van der Waals surface area (Å²) in [7, 11) is 1.52. The Hall–Kier alpha value is -2.54. The highest BCUT2D eigenvalue weighted by Gasteiger charge is 2.13. The van der Waals surface area contributed by atoms with Gasteiger partial charge in [-0.05, 0) is 36.1 Å². The zero-order valence-corrected chi connectivity index (χ0v) is 14.4. The number of carbonyl (C=O) groups excluding carboxylic acids is 2. The van der Waals surface area contributed by atoms with E-state index in [1.807, 2.05) is 0 Å². The molecule has 6 nitrogen and oxygen atoms in total. The van der Waals surface area contributed by atoms with Gasteiger partial charge in [0.15, 0.2) is 11.5 Å². The molecule has 1 aromatic carbocycles. The molecule has 0 fully saturated rings. The molecule has 0 aliphatic heterocycles. The van der Waals surface area contributed by atoms with Crippen molar-refractivity contribution in [2.45, 2.75) is 19.8 Å². The number of hydrogen-bond acceptors (Lipinski definition) is 5. The number of carbonyl (C=O) groups is 2. The number of unbranched alkanes of at least 4 members (excludes halogenated alkanes) is 1. The standard InChI is InChI=1S/C17H20N2O4S/c1-3-4-9-23-13-8-7-12(11-14(13)22-2)16(20)18-19-17(21)15-6-5-10-24-15/h5-8,10-11H,3-4,9H2,1-2H3,(H,18,20)(H,19,21). The lowest BCUT2D eigenvalue weighted by Gasteiger charge is -2.12. The average Bonchev–Trinajstić information content (AvgIpc) is 3.14. The van der Waals surface area contributed by atoms with E-state index in [0.717, 1.165) is 12.8 Å². The van der Waals surface area contributed by atoms with E-state index in [-0.39, 0.29) is 5.91 Å². The summed E-state index contributed by atoms with van der Waals surface area (Å²) >= 11 is 1.30. The Morgan fingerprint density at radius 1 is 1.12 bits per heavy atom. The van der Waals surface area contributed by atoms with Crippen LogP contribution in [0.1, 0.15) is 39.8 Å². The summed E-state index contributed by atoms with van der Waals surface area (Å²) in [6.07, 6.45) is 1.98. The minimum atomic E-state index is -0.432. The van der Waals surface area contributed by atoms with Crippen LogP contribution in [0.3, 0.4) is 0 Å². The number of hydrogen-bond donors (Lipinski definition) is 2. The van der Waals surface area contributed by atoms with Crippen molar-refractivity contribution in [2.24, 2.45) is 0 Å². The number of rotatable bonds is 7. The molecule has 1 heterocycles. The van der Waals surface area contributed by atoms with Crippen LogP contribution < -0.4 is 20.3 Å². The van der Waals surface area contributed by atoms with E-state index in [2.05, 4.69) is 17.8 Å². The Morgan fingerprint density at radius 2 is 1.92 bits per heavy atom. The van der Waals surface area contributed by atoms with Crippen LogP contribution in [0.15, 0.2) is 35.7 Å². The van der Waals surface area contributed by atoms with Gasteiger partial charge in [-0.3, -0.25) is 20.4 Å². The molecule has 2 aromatic rings. The first-order valence-electron chi connectivity index (χ1n) is 7.60. The van der Waals surface area contributed by atoms with Crippen LogP contribution in [0.4, 0.5) is 0 Å². The SMILES string of the molecule is CCCCOc1ccc(C(=O)NNC(=O)c2cccs2)cc1OC. The number of methoxy groups -OCH3 is 1. The third kappa shape index (κ3) is 4.73. The lowest BCUT2D eigenvalue weighted by molar-refractivity contribution is 0.0848. The summed E-state index contributed by atoms with van der Waals surface area (Å²) in [4.78, 5) is 24.5. The third-order valence-corrected chi connectivity index (χ3v) is 4.08. The van der Waals surface area contributed by atoms with Crippen LogP contribution in [-0.4, -0.2) is 25.5 Å². The van der Waals surface area contributed by atoms with Crippen LogP contribution in [0.25, 0.3) is 0 Å². The minimum Gasteiger partial charge on any atom is -0.493 e. The summed E-state index contributed by atoms with van der Waals surface area (Å²) in [5.41, 5.74) is 5.12. The molecular formula is C17H20N2O4S. The number of thiophene rings is 1. The first-order chi connectivity index (χ1) is 11.7. The van der Waals surface area contributed by atoms with Gasteiger partial charge in [0.05, 0.1) is 18.6 Å². The number of nitrogens with one attached hydrogen (secondary N) is 2. The van der Waals surface area contributed by atoms with Gasteiger partial charge in [0.2, 0.25) is 0 Å². The molecule has 0 atom stereocenters. The van der Waals surface area contributed by atoms with E-state index in [1.54, 1.807) is 35.7 Å². The summed E-state index contributed by atoms with van der Waals surface area (Å²) in [5, 5.41) is 1.79. The molecule has 0 unspecified atom stereocenters. The molecule has 24 heavy (non-hydrogen) atoms. The smallest absolute Gasteiger partial charge is 0.279 e. The van der Waals surface area contributed by atoms with Gasteiger partial charge in [0, 0.05) is 5.56 Å². The van der Waals surface area contributed by atoms with Crippen LogP contribution in [0, 0.1) is 0 Å². The molecule has 7 heteroatoms. The number of ether oxygens (including phenoxy) is 2. The van der Waals surface area contributed by atoms with Crippen molar-refractivity contribution in [1.29, 1.82) is 0 Å². The van der Waals surface area contributed by atoms with Crippen molar-refractivity contribution in [3.63, 3.8) is 0 Å². The number of benzene rings is 1. The molecule has 0 saturated heterocycles. The van der Waals surface area contributed by atoms with Gasteiger partial charge < -0.3 is 9.47 Å². The van der Waals surface area contributed by atoms with E-state index in [4.69, 9.17) is 9.47 Å². The molecule has 128 valence electrons. The Labute approximate surface area is 144 Å². The lowest BCUT2D eigenvalue weighted by Crippen LogP contribution is -2.41.